The number of hydrogen-bond donors (Lipinski definition) is 1. The Balaban J connectivity index is 2.18. The van der Waals surface area contributed by atoms with E-state index in [0.29, 0.717) is 12.0 Å². The number of aromatic nitrogens is 1. The smallest absolute Gasteiger partial charge is 0.172 e. The first-order valence-electron chi connectivity index (χ1n) is 6.12. The molecule has 2 rings (SSSR count). The largest absolute Gasteiger partial charge is 0.360 e. The van der Waals surface area contributed by atoms with Gasteiger partial charge in [-0.2, -0.15) is 0 Å². The van der Waals surface area contributed by atoms with Crippen LogP contribution in [0.25, 0.3) is 0 Å². The summed E-state index contributed by atoms with van der Waals surface area (Å²) in [6, 6.07) is 2.46. The van der Waals surface area contributed by atoms with E-state index in [1.54, 1.807) is 0 Å². The average molecular weight is 223 g/mol. The Morgan fingerprint density at radius 1 is 1.56 bits per heavy atom. The summed E-state index contributed by atoms with van der Waals surface area (Å²) in [5.41, 5.74) is 5.84. The molecule has 0 aromatic carbocycles. The third-order valence-electron chi connectivity index (χ3n) is 3.61. The van der Waals surface area contributed by atoms with Crippen LogP contribution in [0, 0.1) is 12.8 Å². The number of nitrogens with zero attached hydrogens (tertiary/aromatic N) is 2. The van der Waals surface area contributed by atoms with E-state index in [0.717, 1.165) is 24.7 Å². The highest BCUT2D eigenvalue weighted by atomic mass is 16.5. The Labute approximate surface area is 96.8 Å². The van der Waals surface area contributed by atoms with Crippen LogP contribution in [0.4, 0.5) is 5.82 Å². The molecule has 2 N–H and O–H groups in total. The third-order valence-corrected chi connectivity index (χ3v) is 3.61. The van der Waals surface area contributed by atoms with Gasteiger partial charge in [0.15, 0.2) is 5.82 Å². The molecule has 1 fully saturated rings. The molecule has 1 aliphatic heterocycles. The number of hydrogen-bond acceptors (Lipinski definition) is 4. The van der Waals surface area contributed by atoms with Crippen molar-refractivity contribution in [2.45, 2.75) is 39.2 Å². The van der Waals surface area contributed by atoms with Gasteiger partial charge < -0.3 is 15.2 Å². The van der Waals surface area contributed by atoms with Crippen LogP contribution < -0.4 is 10.6 Å². The second-order valence-corrected chi connectivity index (χ2v) is 4.72. The third kappa shape index (κ3) is 2.21. The van der Waals surface area contributed by atoms with E-state index in [4.69, 9.17) is 10.3 Å². The van der Waals surface area contributed by atoms with Crippen LogP contribution in [-0.4, -0.2) is 24.3 Å². The van der Waals surface area contributed by atoms with Crippen molar-refractivity contribution in [1.82, 2.24) is 5.16 Å². The van der Waals surface area contributed by atoms with Gasteiger partial charge >= 0.3 is 0 Å². The van der Waals surface area contributed by atoms with Gasteiger partial charge in [0.2, 0.25) is 0 Å². The van der Waals surface area contributed by atoms with Gasteiger partial charge in [0.1, 0.15) is 5.76 Å². The van der Waals surface area contributed by atoms with Gasteiger partial charge in [-0.05, 0) is 39.2 Å². The Morgan fingerprint density at radius 3 is 3.00 bits per heavy atom. The monoisotopic (exact) mass is 223 g/mol. The molecule has 0 saturated carbocycles. The van der Waals surface area contributed by atoms with Crippen LogP contribution in [0.2, 0.25) is 0 Å². The van der Waals surface area contributed by atoms with Crippen LogP contribution in [0.5, 0.6) is 0 Å². The predicted molar refractivity (Wildman–Crippen MR) is 64.4 cm³/mol. The zero-order valence-electron chi connectivity index (χ0n) is 10.1. The molecule has 1 aromatic heterocycles. The van der Waals surface area contributed by atoms with Crippen molar-refractivity contribution in [3.05, 3.63) is 11.8 Å². The highest BCUT2D eigenvalue weighted by Crippen LogP contribution is 2.26. The van der Waals surface area contributed by atoms with Gasteiger partial charge in [0, 0.05) is 18.7 Å². The van der Waals surface area contributed by atoms with Crippen molar-refractivity contribution < 1.29 is 4.52 Å². The van der Waals surface area contributed by atoms with E-state index in [1.165, 1.54) is 19.3 Å². The minimum Gasteiger partial charge on any atom is -0.360 e. The molecule has 1 saturated heterocycles. The molecule has 2 atom stereocenters. The lowest BCUT2D eigenvalue weighted by atomic mass is 9.96. The van der Waals surface area contributed by atoms with Gasteiger partial charge in [-0.1, -0.05) is 11.6 Å². The Morgan fingerprint density at radius 2 is 2.38 bits per heavy atom. The minimum absolute atomic E-state index is 0.456. The van der Waals surface area contributed by atoms with E-state index in [-0.39, 0.29) is 0 Å². The molecule has 0 radical (unpaired) electrons. The predicted octanol–water partition coefficient (Wildman–Crippen LogP) is 1.94. The highest BCUT2D eigenvalue weighted by Gasteiger charge is 2.26. The molecule has 0 spiro atoms. The molecule has 90 valence electrons. The van der Waals surface area contributed by atoms with Gasteiger partial charge in [-0.3, -0.25) is 0 Å². The van der Waals surface area contributed by atoms with Crippen LogP contribution >= 0.6 is 0 Å². The summed E-state index contributed by atoms with van der Waals surface area (Å²) >= 11 is 0. The lowest BCUT2D eigenvalue weighted by Gasteiger charge is -2.31. The zero-order chi connectivity index (χ0) is 11.5. The van der Waals surface area contributed by atoms with Crippen LogP contribution in [0.3, 0.4) is 0 Å². The zero-order valence-corrected chi connectivity index (χ0v) is 10.1. The van der Waals surface area contributed by atoms with Crippen LogP contribution in [0.1, 0.15) is 31.9 Å². The van der Waals surface area contributed by atoms with Crippen molar-refractivity contribution in [3.8, 4) is 0 Å². The number of rotatable bonds is 2. The summed E-state index contributed by atoms with van der Waals surface area (Å²) in [6.07, 6.45) is 3.71. The average Bonchev–Trinajstić information content (AvgIpc) is 2.60. The van der Waals surface area contributed by atoms with Crippen molar-refractivity contribution >= 4 is 5.82 Å². The maximum absolute atomic E-state index is 5.84. The maximum Gasteiger partial charge on any atom is 0.172 e. The summed E-state index contributed by atoms with van der Waals surface area (Å²) in [5, 5.41) is 4.11. The first-order chi connectivity index (χ1) is 7.72. The van der Waals surface area contributed by atoms with Crippen LogP contribution in [-0.2, 0) is 0 Å². The summed E-state index contributed by atoms with van der Waals surface area (Å²) in [6.45, 7) is 5.99. The lowest BCUT2D eigenvalue weighted by Crippen LogP contribution is -2.40. The second-order valence-electron chi connectivity index (χ2n) is 4.72. The molecule has 4 heteroatoms. The fraction of sp³-hybridized carbons (Fsp3) is 0.750. The van der Waals surface area contributed by atoms with E-state index < -0.39 is 0 Å². The number of anilines is 1. The van der Waals surface area contributed by atoms with Crippen molar-refractivity contribution in [2.75, 3.05) is 18.0 Å². The molecule has 0 aliphatic carbocycles. The van der Waals surface area contributed by atoms with E-state index in [9.17, 15) is 0 Å². The standard InChI is InChI=1S/C12H21N3O/c1-9-7-12(14-16-9)15-6-4-3-5-11(8-13)10(15)2/h7,10-11H,3-6,8,13H2,1-2H3/t10-,11-/m1/s1. The quantitative estimate of drug-likeness (QED) is 0.832. The van der Waals surface area contributed by atoms with Crippen molar-refractivity contribution in [2.24, 2.45) is 11.7 Å². The topological polar surface area (TPSA) is 55.3 Å². The first kappa shape index (κ1) is 11.5. The Hall–Kier alpha value is -1.03. The van der Waals surface area contributed by atoms with Gasteiger partial charge in [0.05, 0.1) is 0 Å². The fourth-order valence-corrected chi connectivity index (χ4v) is 2.51. The summed E-state index contributed by atoms with van der Waals surface area (Å²) in [5.74, 6) is 2.40. The molecule has 2 heterocycles. The normalized spacial score (nSPS) is 26.8. The number of aryl methyl sites for hydroxylation is 1. The van der Waals surface area contributed by atoms with E-state index in [2.05, 4.69) is 17.0 Å². The van der Waals surface area contributed by atoms with E-state index >= 15 is 0 Å². The van der Waals surface area contributed by atoms with Crippen LogP contribution in [0.15, 0.2) is 10.6 Å². The summed E-state index contributed by atoms with van der Waals surface area (Å²) in [7, 11) is 0. The molecule has 0 unspecified atom stereocenters. The highest BCUT2D eigenvalue weighted by molar-refractivity contribution is 5.39. The lowest BCUT2D eigenvalue weighted by molar-refractivity contribution is 0.386. The molecular weight excluding hydrogens is 202 g/mol. The second kappa shape index (κ2) is 4.87. The SMILES string of the molecule is Cc1cc(N2CCCC[C@H](CN)[C@H]2C)no1. The maximum atomic E-state index is 5.84. The first-order valence-corrected chi connectivity index (χ1v) is 6.12. The van der Waals surface area contributed by atoms with Gasteiger partial charge in [-0.25, -0.2) is 0 Å². The fourth-order valence-electron chi connectivity index (χ4n) is 2.51. The van der Waals surface area contributed by atoms with Gasteiger partial charge in [-0.15, -0.1) is 0 Å². The van der Waals surface area contributed by atoms with E-state index in [1.807, 2.05) is 13.0 Å². The molecular formula is C12H21N3O. The van der Waals surface area contributed by atoms with Crippen molar-refractivity contribution in [1.29, 1.82) is 0 Å². The molecule has 0 amide bonds. The minimum atomic E-state index is 0.456. The Kier molecular flexibility index (Phi) is 3.49. The molecule has 0 bridgehead atoms. The Bertz CT molecular complexity index is 337. The van der Waals surface area contributed by atoms with Gasteiger partial charge in [0.25, 0.3) is 0 Å². The van der Waals surface area contributed by atoms with Crippen molar-refractivity contribution in [3.63, 3.8) is 0 Å². The number of nitrogens with two attached hydrogens (primary N) is 1. The molecule has 1 aromatic rings. The summed E-state index contributed by atoms with van der Waals surface area (Å²) in [4.78, 5) is 2.33. The molecule has 1 aliphatic rings. The summed E-state index contributed by atoms with van der Waals surface area (Å²) < 4.78 is 5.15. The molecule has 16 heavy (non-hydrogen) atoms. The molecule has 4 nitrogen and oxygen atoms in total.